The second-order valence-corrected chi connectivity index (χ2v) is 8.86. The highest BCUT2D eigenvalue weighted by atomic mass is 32.2. The van der Waals surface area contributed by atoms with Gasteiger partial charge in [0.05, 0.1) is 11.9 Å². The number of thiophene rings is 1. The second kappa shape index (κ2) is 8.42. The molecule has 0 aliphatic carbocycles. The molecule has 1 saturated heterocycles. The van der Waals surface area contributed by atoms with Gasteiger partial charge in [-0.15, -0.1) is 11.3 Å². The summed E-state index contributed by atoms with van der Waals surface area (Å²) in [7, 11) is 0. The number of carbonyl (C=O) groups excluding carboxylic acids is 2. The molecule has 3 aromatic heterocycles. The van der Waals surface area contributed by atoms with Gasteiger partial charge in [-0.25, -0.2) is 15.0 Å². The van der Waals surface area contributed by atoms with E-state index in [-0.39, 0.29) is 11.8 Å². The number of aryl methyl sites for hydroxylation is 2. The van der Waals surface area contributed by atoms with E-state index in [9.17, 15) is 9.59 Å². The molecule has 10 heteroatoms. The van der Waals surface area contributed by atoms with Crippen molar-refractivity contribution < 1.29 is 9.59 Å². The third kappa shape index (κ3) is 4.08. The van der Waals surface area contributed by atoms with E-state index < -0.39 is 0 Å². The van der Waals surface area contributed by atoms with Gasteiger partial charge >= 0.3 is 0 Å². The second-order valence-electron chi connectivity index (χ2n) is 6.69. The van der Waals surface area contributed by atoms with Crippen molar-refractivity contribution >= 4 is 45.1 Å². The molecule has 0 aromatic carbocycles. The molecule has 3 aromatic rings. The van der Waals surface area contributed by atoms with E-state index in [0.717, 1.165) is 15.2 Å². The van der Waals surface area contributed by atoms with Crippen LogP contribution in [-0.2, 0) is 4.79 Å². The monoisotopic (exact) mass is 428 g/mol. The van der Waals surface area contributed by atoms with Crippen molar-refractivity contribution in [3.8, 4) is 0 Å². The van der Waals surface area contributed by atoms with Crippen molar-refractivity contribution in [2.45, 2.75) is 18.9 Å². The molecule has 1 aliphatic heterocycles. The van der Waals surface area contributed by atoms with Gasteiger partial charge in [0.25, 0.3) is 5.91 Å². The van der Waals surface area contributed by atoms with Crippen molar-refractivity contribution in [3.05, 3.63) is 41.1 Å². The van der Waals surface area contributed by atoms with E-state index >= 15 is 0 Å². The minimum absolute atomic E-state index is 0.0537. The van der Waals surface area contributed by atoms with Gasteiger partial charge in [-0.1, -0.05) is 11.8 Å². The molecule has 0 spiro atoms. The lowest BCUT2D eigenvalue weighted by Gasteiger charge is -2.34. The smallest absolute Gasteiger partial charge is 0.274 e. The molecule has 150 valence electrons. The first-order valence-electron chi connectivity index (χ1n) is 9.21. The summed E-state index contributed by atoms with van der Waals surface area (Å²) in [4.78, 5) is 47.6. The van der Waals surface area contributed by atoms with Crippen LogP contribution in [-0.4, -0.2) is 73.5 Å². The zero-order valence-corrected chi connectivity index (χ0v) is 17.8. The topological polar surface area (TPSA) is 92.2 Å². The van der Waals surface area contributed by atoms with Gasteiger partial charge in [-0.05, 0) is 19.4 Å². The molecule has 8 nitrogen and oxygen atoms in total. The number of nitrogens with zero attached hydrogens (tertiary/aromatic N) is 6. The lowest BCUT2D eigenvalue weighted by atomic mass is 10.2. The van der Waals surface area contributed by atoms with E-state index in [0.29, 0.717) is 37.6 Å². The molecule has 0 radical (unpaired) electrons. The predicted molar refractivity (Wildman–Crippen MR) is 112 cm³/mol. The Bertz CT molecular complexity index is 1050. The molecule has 0 atom stereocenters. The van der Waals surface area contributed by atoms with E-state index in [1.807, 2.05) is 0 Å². The third-order valence-electron chi connectivity index (χ3n) is 4.96. The first-order valence-corrected chi connectivity index (χ1v) is 11.0. The summed E-state index contributed by atoms with van der Waals surface area (Å²) in [5.41, 5.74) is 1.51. The third-order valence-corrected chi connectivity index (χ3v) is 7.05. The maximum atomic E-state index is 12.7. The SMILES string of the molecule is Cc1sc2ncnc(SCC(=O)N3CCN(C(=O)c4cnccn4)CC3)c2c1C. The molecule has 0 unspecified atom stereocenters. The van der Waals surface area contributed by atoms with Crippen molar-refractivity contribution in [2.75, 3.05) is 31.9 Å². The van der Waals surface area contributed by atoms with E-state index in [2.05, 4.69) is 33.8 Å². The average molecular weight is 429 g/mol. The number of piperazine rings is 1. The number of fused-ring (bicyclic) bond motifs is 1. The predicted octanol–water partition coefficient (Wildman–Crippen LogP) is 2.17. The number of hydrogen-bond donors (Lipinski definition) is 0. The van der Waals surface area contributed by atoms with Gasteiger partial charge in [-0.3, -0.25) is 14.6 Å². The average Bonchev–Trinajstić information content (AvgIpc) is 3.06. The lowest BCUT2D eigenvalue weighted by Crippen LogP contribution is -2.51. The number of rotatable bonds is 4. The highest BCUT2D eigenvalue weighted by molar-refractivity contribution is 8.00. The minimum atomic E-state index is -0.147. The van der Waals surface area contributed by atoms with E-state index in [4.69, 9.17) is 0 Å². The standard InChI is InChI=1S/C19H20N6O2S2/c1-12-13(2)29-18-16(12)17(22-11-23-18)28-10-15(26)24-5-7-25(8-6-24)19(27)14-9-20-3-4-21-14/h3-4,9,11H,5-8,10H2,1-2H3. The van der Waals surface area contributed by atoms with Gasteiger partial charge in [0.1, 0.15) is 21.9 Å². The van der Waals surface area contributed by atoms with E-state index in [1.165, 1.54) is 40.8 Å². The van der Waals surface area contributed by atoms with Gasteiger partial charge in [-0.2, -0.15) is 0 Å². The Hall–Kier alpha value is -2.59. The number of carbonyl (C=O) groups is 2. The fourth-order valence-electron chi connectivity index (χ4n) is 3.21. The Balaban J connectivity index is 1.35. The summed E-state index contributed by atoms with van der Waals surface area (Å²) in [6.45, 7) is 6.15. The molecule has 0 N–H and O–H groups in total. The fourth-order valence-corrected chi connectivity index (χ4v) is 5.23. The molecule has 29 heavy (non-hydrogen) atoms. The van der Waals surface area contributed by atoms with Crippen LogP contribution in [0.4, 0.5) is 0 Å². The maximum Gasteiger partial charge on any atom is 0.274 e. The van der Waals surface area contributed by atoms with Crippen LogP contribution >= 0.6 is 23.1 Å². The summed E-state index contributed by atoms with van der Waals surface area (Å²) >= 11 is 3.10. The summed E-state index contributed by atoms with van der Waals surface area (Å²) in [5.74, 6) is 0.225. The van der Waals surface area contributed by atoms with Crippen LogP contribution in [0.5, 0.6) is 0 Å². The van der Waals surface area contributed by atoms with Crippen LogP contribution in [0, 0.1) is 13.8 Å². The molecule has 4 heterocycles. The molecular formula is C19H20N6O2S2. The maximum absolute atomic E-state index is 12.7. The molecule has 1 fully saturated rings. The van der Waals surface area contributed by atoms with Gasteiger partial charge in [0.15, 0.2) is 0 Å². The fraction of sp³-hybridized carbons (Fsp3) is 0.368. The molecule has 0 bridgehead atoms. The first kappa shape index (κ1) is 19.7. The Labute approximate surface area is 176 Å². The molecule has 1 aliphatic rings. The Kier molecular flexibility index (Phi) is 5.72. The van der Waals surface area contributed by atoms with Gasteiger partial charge < -0.3 is 9.80 Å². The summed E-state index contributed by atoms with van der Waals surface area (Å²) in [5, 5.41) is 1.90. The Morgan fingerprint density at radius 2 is 1.83 bits per heavy atom. The molecule has 2 amide bonds. The highest BCUT2D eigenvalue weighted by Gasteiger charge is 2.26. The molecule has 0 saturated carbocycles. The van der Waals surface area contributed by atoms with Crippen LogP contribution in [0.25, 0.3) is 10.2 Å². The lowest BCUT2D eigenvalue weighted by molar-refractivity contribution is -0.129. The zero-order valence-electron chi connectivity index (χ0n) is 16.2. The number of amides is 2. The largest absolute Gasteiger partial charge is 0.338 e. The number of hydrogen-bond acceptors (Lipinski definition) is 8. The van der Waals surface area contributed by atoms with Crippen LogP contribution in [0.2, 0.25) is 0 Å². The first-order chi connectivity index (χ1) is 14.0. The Morgan fingerprint density at radius 1 is 1.07 bits per heavy atom. The van der Waals surface area contributed by atoms with E-state index in [1.54, 1.807) is 27.5 Å². The van der Waals surface area contributed by atoms with Crippen molar-refractivity contribution in [2.24, 2.45) is 0 Å². The van der Waals surface area contributed by atoms with Crippen LogP contribution in [0.1, 0.15) is 20.9 Å². The van der Waals surface area contributed by atoms with Crippen molar-refractivity contribution in [1.82, 2.24) is 29.7 Å². The van der Waals surface area contributed by atoms with Crippen LogP contribution in [0.3, 0.4) is 0 Å². The highest BCUT2D eigenvalue weighted by Crippen LogP contribution is 2.34. The number of aromatic nitrogens is 4. The summed E-state index contributed by atoms with van der Waals surface area (Å²) in [6, 6.07) is 0. The quantitative estimate of drug-likeness (QED) is 0.464. The van der Waals surface area contributed by atoms with Crippen LogP contribution < -0.4 is 0 Å². The van der Waals surface area contributed by atoms with Gasteiger partial charge in [0, 0.05) is 48.8 Å². The zero-order chi connectivity index (χ0) is 20.4. The van der Waals surface area contributed by atoms with Crippen molar-refractivity contribution in [3.63, 3.8) is 0 Å². The minimum Gasteiger partial charge on any atom is -0.338 e. The summed E-state index contributed by atoms with van der Waals surface area (Å²) < 4.78 is 0. The Morgan fingerprint density at radius 3 is 2.55 bits per heavy atom. The molecular weight excluding hydrogens is 408 g/mol. The normalized spacial score (nSPS) is 14.4. The van der Waals surface area contributed by atoms with Crippen molar-refractivity contribution in [1.29, 1.82) is 0 Å². The van der Waals surface area contributed by atoms with Crippen LogP contribution in [0.15, 0.2) is 29.9 Å². The summed E-state index contributed by atoms with van der Waals surface area (Å²) in [6.07, 6.45) is 6.06. The number of thioether (sulfide) groups is 1. The van der Waals surface area contributed by atoms with Gasteiger partial charge in [0.2, 0.25) is 5.91 Å². The molecule has 4 rings (SSSR count).